The van der Waals surface area contributed by atoms with Gasteiger partial charge in [-0.25, -0.2) is 9.68 Å². The van der Waals surface area contributed by atoms with Gasteiger partial charge in [-0.2, -0.15) is 0 Å². The van der Waals surface area contributed by atoms with Gasteiger partial charge in [-0.1, -0.05) is 0 Å². The molecule has 0 atom stereocenters. The fourth-order valence-electron chi connectivity index (χ4n) is 3.31. The molecule has 1 fully saturated rings. The number of aldehydes is 2. The van der Waals surface area contributed by atoms with E-state index in [2.05, 4.69) is 0 Å². The summed E-state index contributed by atoms with van der Waals surface area (Å²) in [5.74, 6) is -0.365. The highest BCUT2D eigenvalue weighted by atomic mass is 16.8. The average molecular weight is 523 g/mol. The van der Waals surface area contributed by atoms with E-state index in [1.54, 1.807) is 0 Å². The summed E-state index contributed by atoms with van der Waals surface area (Å²) in [5, 5.41) is 23.1. The molecule has 1 heterocycles. The van der Waals surface area contributed by atoms with Crippen LogP contribution in [0, 0.1) is 0 Å². The summed E-state index contributed by atoms with van der Waals surface area (Å²) < 4.78 is 27.4. The molecule has 0 radical (unpaired) electrons. The summed E-state index contributed by atoms with van der Waals surface area (Å²) in [4.78, 5) is 34.7. The zero-order chi connectivity index (χ0) is 26.6. The normalized spacial score (nSPS) is 16.4. The number of hydrogen-bond acceptors (Lipinski definition) is 13. The predicted octanol–water partition coefficient (Wildman–Crippen LogP) is 1.89. The summed E-state index contributed by atoms with van der Waals surface area (Å²) in [7, 11) is 2.76. The highest BCUT2D eigenvalue weighted by Gasteiger charge is 2.28. The smallest absolute Gasteiger partial charge is 0.153 e. The molecule has 37 heavy (non-hydrogen) atoms. The van der Waals surface area contributed by atoms with E-state index in [1.165, 1.54) is 38.5 Å². The molecule has 0 bridgehead atoms. The maximum Gasteiger partial charge on any atom is 0.153 e. The molecule has 2 N–H and O–H groups in total. The van der Waals surface area contributed by atoms with E-state index in [0.29, 0.717) is 39.0 Å². The molecule has 13 nitrogen and oxygen atoms in total. The standard InChI is InChI=1S/C24H30N2O11/c1-31-23-11-17(15-27)21(29)13-19(23)25-26(20-14-22(30)18(16-28)12-24(20)32-2)37-10-8-35-6-4-33-3-5-34-7-9-36-25/h11-16,29-30H,3-10H2,1-2H3. The Morgan fingerprint density at radius 3 is 1.32 bits per heavy atom. The van der Waals surface area contributed by atoms with Crippen LogP contribution >= 0.6 is 0 Å². The van der Waals surface area contributed by atoms with Gasteiger partial charge in [0.25, 0.3) is 0 Å². The molecule has 0 aromatic heterocycles. The van der Waals surface area contributed by atoms with Gasteiger partial charge >= 0.3 is 0 Å². The van der Waals surface area contributed by atoms with Crippen LogP contribution in [0.25, 0.3) is 0 Å². The molecule has 2 aromatic rings. The minimum atomic E-state index is -0.340. The zero-order valence-corrected chi connectivity index (χ0v) is 20.6. The van der Waals surface area contributed by atoms with Crippen LogP contribution in [0.15, 0.2) is 24.3 Å². The Hall–Kier alpha value is -3.62. The predicted molar refractivity (Wildman–Crippen MR) is 129 cm³/mol. The molecule has 1 aliphatic heterocycles. The number of phenolic OH excluding ortho intramolecular Hbond substituents is 2. The van der Waals surface area contributed by atoms with Gasteiger partial charge in [0.05, 0.1) is 65.0 Å². The molecule has 13 heteroatoms. The lowest BCUT2D eigenvalue weighted by molar-refractivity contribution is -0.0337. The number of carbonyl (C=O) groups is 2. The Labute approximate surface area is 213 Å². The Bertz CT molecular complexity index is 968. The van der Waals surface area contributed by atoms with Gasteiger partial charge in [0.2, 0.25) is 0 Å². The van der Waals surface area contributed by atoms with E-state index in [1.807, 2.05) is 0 Å². The Balaban J connectivity index is 2.12. The first-order chi connectivity index (χ1) is 18.0. The van der Waals surface area contributed by atoms with Crippen molar-refractivity contribution < 1.29 is 53.2 Å². The minimum absolute atomic E-state index is 0.00583. The van der Waals surface area contributed by atoms with Gasteiger partial charge < -0.3 is 33.9 Å². The van der Waals surface area contributed by atoms with Crippen molar-refractivity contribution in [2.24, 2.45) is 0 Å². The second-order valence-electron chi connectivity index (χ2n) is 7.45. The first-order valence-electron chi connectivity index (χ1n) is 11.4. The van der Waals surface area contributed by atoms with E-state index in [9.17, 15) is 19.8 Å². The summed E-state index contributed by atoms with van der Waals surface area (Å²) in [6.45, 7) is 1.77. The first-order valence-corrected chi connectivity index (χ1v) is 11.4. The van der Waals surface area contributed by atoms with Crippen molar-refractivity contribution >= 4 is 23.9 Å². The van der Waals surface area contributed by atoms with Crippen LogP contribution in [-0.2, 0) is 23.9 Å². The van der Waals surface area contributed by atoms with Crippen molar-refractivity contribution in [1.29, 1.82) is 0 Å². The SMILES string of the molecule is COc1cc(C=O)c(O)cc1N1OCCOCCOCCOCCON1c1cc(O)c(C=O)cc1OC. The van der Waals surface area contributed by atoms with Crippen molar-refractivity contribution in [2.45, 2.75) is 0 Å². The molecule has 3 rings (SSSR count). The number of methoxy groups -OCH3 is 2. The molecule has 1 saturated heterocycles. The van der Waals surface area contributed by atoms with E-state index in [4.69, 9.17) is 33.4 Å². The Morgan fingerprint density at radius 2 is 1.00 bits per heavy atom. The molecule has 0 spiro atoms. The third-order valence-electron chi connectivity index (χ3n) is 5.11. The number of anilines is 2. The lowest BCUT2D eigenvalue weighted by Gasteiger charge is -2.36. The van der Waals surface area contributed by atoms with Crippen molar-refractivity contribution in [3.63, 3.8) is 0 Å². The summed E-state index contributed by atoms with van der Waals surface area (Å²) >= 11 is 0. The number of hydrazine groups is 1. The van der Waals surface area contributed by atoms with Crippen LogP contribution in [0.1, 0.15) is 20.7 Å². The third kappa shape index (κ3) is 7.21. The second-order valence-corrected chi connectivity index (χ2v) is 7.45. The minimum Gasteiger partial charge on any atom is -0.507 e. The number of aromatic hydroxyl groups is 2. The number of rotatable bonds is 6. The fraction of sp³-hybridized carbons (Fsp3) is 0.417. The first kappa shape index (κ1) is 28.0. The van der Waals surface area contributed by atoms with Crippen molar-refractivity contribution in [1.82, 2.24) is 0 Å². The summed E-state index contributed by atoms with van der Waals surface area (Å²) in [6.07, 6.45) is 0.962. The number of carbonyl (C=O) groups excluding carboxylic acids is 2. The van der Waals surface area contributed by atoms with Crippen molar-refractivity contribution in [3.05, 3.63) is 35.4 Å². The van der Waals surface area contributed by atoms with Gasteiger partial charge in [0.15, 0.2) is 12.6 Å². The maximum atomic E-state index is 11.4. The molecule has 0 saturated carbocycles. The molecular weight excluding hydrogens is 492 g/mol. The number of ether oxygens (including phenoxy) is 5. The topological polar surface area (TPSA) is 146 Å². The van der Waals surface area contributed by atoms with Gasteiger partial charge in [-0.3, -0.25) is 9.59 Å². The van der Waals surface area contributed by atoms with Crippen LogP contribution in [0.5, 0.6) is 23.0 Å². The molecule has 202 valence electrons. The van der Waals surface area contributed by atoms with E-state index in [-0.39, 0.29) is 71.9 Å². The fourth-order valence-corrected chi connectivity index (χ4v) is 3.31. The molecular formula is C24H30N2O11. The maximum absolute atomic E-state index is 11.4. The lowest BCUT2D eigenvalue weighted by Crippen LogP contribution is -2.45. The number of nitrogens with zero attached hydrogens (tertiary/aromatic N) is 2. The van der Waals surface area contributed by atoms with Crippen molar-refractivity contribution in [2.75, 3.05) is 77.4 Å². The number of hydrogen-bond donors (Lipinski definition) is 2. The summed E-state index contributed by atoms with van der Waals surface area (Å²) in [5.41, 5.74) is 0.266. The van der Waals surface area contributed by atoms with Gasteiger partial charge in [0.1, 0.15) is 47.6 Å². The van der Waals surface area contributed by atoms with E-state index < -0.39 is 0 Å². The average Bonchev–Trinajstić information content (AvgIpc) is 2.92. The molecule has 0 amide bonds. The van der Waals surface area contributed by atoms with Gasteiger partial charge in [-0.15, -0.1) is 10.3 Å². The highest BCUT2D eigenvalue weighted by molar-refractivity contribution is 5.84. The van der Waals surface area contributed by atoms with E-state index in [0.717, 1.165) is 10.3 Å². The van der Waals surface area contributed by atoms with Gasteiger partial charge in [-0.05, 0) is 12.1 Å². The van der Waals surface area contributed by atoms with Crippen LogP contribution in [0.3, 0.4) is 0 Å². The Morgan fingerprint density at radius 1 is 0.649 bits per heavy atom. The molecule has 0 unspecified atom stereocenters. The molecule has 0 aliphatic carbocycles. The monoisotopic (exact) mass is 522 g/mol. The molecule has 1 aliphatic rings. The van der Waals surface area contributed by atoms with Crippen molar-refractivity contribution in [3.8, 4) is 23.0 Å². The van der Waals surface area contributed by atoms with Crippen LogP contribution in [-0.4, -0.2) is 89.9 Å². The second kappa shape index (κ2) is 14.2. The van der Waals surface area contributed by atoms with Crippen LogP contribution < -0.4 is 19.8 Å². The van der Waals surface area contributed by atoms with E-state index >= 15 is 0 Å². The Kier molecular flexibility index (Phi) is 10.7. The zero-order valence-electron chi connectivity index (χ0n) is 20.6. The lowest BCUT2D eigenvalue weighted by atomic mass is 10.1. The largest absolute Gasteiger partial charge is 0.507 e. The van der Waals surface area contributed by atoms with Crippen LogP contribution in [0.4, 0.5) is 11.4 Å². The molecule has 2 aromatic carbocycles. The number of phenols is 2. The summed E-state index contributed by atoms with van der Waals surface area (Å²) in [6, 6.07) is 5.17. The third-order valence-corrected chi connectivity index (χ3v) is 5.11. The highest BCUT2D eigenvalue weighted by Crippen LogP contribution is 2.40. The van der Waals surface area contributed by atoms with Crippen LogP contribution in [0.2, 0.25) is 0 Å². The quantitative estimate of drug-likeness (QED) is 0.533. The number of benzene rings is 2. The van der Waals surface area contributed by atoms with Gasteiger partial charge in [0, 0.05) is 12.1 Å².